The number of aliphatic imine (C=N–C) groups is 1. The molecule has 0 saturated heterocycles. The van der Waals surface area contributed by atoms with Gasteiger partial charge in [-0.15, -0.1) is 11.3 Å². The van der Waals surface area contributed by atoms with Gasteiger partial charge in [0.1, 0.15) is 17.6 Å². The van der Waals surface area contributed by atoms with Crippen LogP contribution in [0.1, 0.15) is 62.2 Å². The monoisotopic (exact) mass is 516 g/mol. The number of aliphatic hydroxyl groups excluding tert-OH is 2. The van der Waals surface area contributed by atoms with Gasteiger partial charge >= 0.3 is 0 Å². The summed E-state index contributed by atoms with van der Waals surface area (Å²) in [5.74, 6) is 1.97. The predicted octanol–water partition coefficient (Wildman–Crippen LogP) is 3.97. The molecule has 3 atom stereocenters. The summed E-state index contributed by atoms with van der Waals surface area (Å²) < 4.78 is 5.33. The van der Waals surface area contributed by atoms with Crippen LogP contribution in [0.5, 0.6) is 0 Å². The van der Waals surface area contributed by atoms with E-state index in [1.807, 2.05) is 20.8 Å². The van der Waals surface area contributed by atoms with Gasteiger partial charge in [-0.1, -0.05) is 0 Å². The maximum absolute atomic E-state index is 10.3. The smallest absolute Gasteiger partial charge is 0.224 e. The van der Waals surface area contributed by atoms with Crippen molar-refractivity contribution in [2.24, 2.45) is 16.8 Å². The zero-order chi connectivity index (χ0) is 25.7. The third-order valence-electron chi connectivity index (χ3n) is 7.03. The fourth-order valence-electron chi connectivity index (χ4n) is 4.57. The highest BCUT2D eigenvalue weighted by molar-refractivity contribution is 7.15. The molecule has 0 bridgehead atoms. The lowest BCUT2D eigenvalue weighted by molar-refractivity contribution is 0.0908. The van der Waals surface area contributed by atoms with Crippen molar-refractivity contribution in [1.29, 1.82) is 0 Å². The number of aliphatic hydroxyl groups is 2. The number of anilines is 2. The lowest BCUT2D eigenvalue weighted by Gasteiger charge is -2.18. The van der Waals surface area contributed by atoms with Crippen LogP contribution in [0.3, 0.4) is 0 Å². The Kier molecular flexibility index (Phi) is 9.27. The number of aryl methyl sites for hydroxylation is 3. The lowest BCUT2D eigenvalue weighted by Crippen LogP contribution is -2.19. The number of nitrogens with one attached hydrogen (secondary N) is 2. The number of nitrogens with zero attached hydrogens (tertiary/aromatic N) is 4. The van der Waals surface area contributed by atoms with Crippen molar-refractivity contribution in [3.05, 3.63) is 16.3 Å². The minimum atomic E-state index is -0.507. The van der Waals surface area contributed by atoms with Crippen LogP contribution in [0.25, 0.3) is 10.6 Å². The van der Waals surface area contributed by atoms with Gasteiger partial charge in [0.15, 0.2) is 0 Å². The van der Waals surface area contributed by atoms with E-state index < -0.39 is 6.10 Å². The quantitative estimate of drug-likeness (QED) is 0.233. The SMILES string of the molecule is CCOC/N=C(/C)CCc1nc(-c2c(C)nc(NCC3CC3)nc2NC2CC(CO)[C@@H](O)C2)sc1C. The fourth-order valence-corrected chi connectivity index (χ4v) is 5.63. The summed E-state index contributed by atoms with van der Waals surface area (Å²) in [5, 5.41) is 27.8. The van der Waals surface area contributed by atoms with Gasteiger partial charge in [0.2, 0.25) is 5.95 Å². The van der Waals surface area contributed by atoms with Gasteiger partial charge in [-0.2, -0.15) is 4.98 Å². The van der Waals surface area contributed by atoms with Crippen LogP contribution in [-0.2, 0) is 11.2 Å². The van der Waals surface area contributed by atoms with Crippen LogP contribution in [-0.4, -0.2) is 69.5 Å². The van der Waals surface area contributed by atoms with E-state index in [1.165, 1.54) is 17.7 Å². The second-order valence-corrected chi connectivity index (χ2v) is 11.2. The minimum Gasteiger partial charge on any atom is -0.396 e. The summed E-state index contributed by atoms with van der Waals surface area (Å²) in [6.45, 7) is 10.1. The number of aromatic nitrogens is 3. The third kappa shape index (κ3) is 7.00. The Morgan fingerprint density at radius 1 is 1.19 bits per heavy atom. The normalized spacial score (nSPS) is 22.3. The highest BCUT2D eigenvalue weighted by Crippen LogP contribution is 2.37. The van der Waals surface area contributed by atoms with Crippen LogP contribution in [0.15, 0.2) is 4.99 Å². The van der Waals surface area contributed by atoms with Crippen LogP contribution in [0.2, 0.25) is 0 Å². The molecule has 0 aromatic carbocycles. The third-order valence-corrected chi connectivity index (χ3v) is 8.06. The fraction of sp³-hybridized carbons (Fsp3) is 0.692. The summed E-state index contributed by atoms with van der Waals surface area (Å²) in [5.41, 5.74) is 3.91. The minimum absolute atomic E-state index is 0.00841. The van der Waals surface area contributed by atoms with Crippen molar-refractivity contribution in [1.82, 2.24) is 15.0 Å². The molecule has 2 aliphatic rings. The standard InChI is InChI=1S/C26H40N6O3S/c1-5-35-14-28-15(2)6-9-21-17(4)36-25(31-21)23-16(3)29-26(27-12-18-7-8-18)32-24(23)30-20-10-19(13-33)22(34)11-20/h18-20,22,33-34H,5-14H2,1-4H3,(H2,27,29,30,32)/b28-15-/t19?,20?,22-/m0/s1. The first kappa shape index (κ1) is 26.9. The Hall–Kier alpha value is -2.14. The zero-order valence-electron chi connectivity index (χ0n) is 21.9. The molecule has 0 amide bonds. The van der Waals surface area contributed by atoms with E-state index >= 15 is 0 Å². The van der Waals surface area contributed by atoms with Gasteiger partial charge in [0.25, 0.3) is 0 Å². The lowest BCUT2D eigenvalue weighted by atomic mass is 10.1. The molecule has 2 saturated carbocycles. The van der Waals surface area contributed by atoms with E-state index in [0.29, 0.717) is 38.0 Å². The molecule has 2 aliphatic carbocycles. The maximum atomic E-state index is 10.3. The van der Waals surface area contributed by atoms with Crippen molar-refractivity contribution < 1.29 is 14.9 Å². The molecular weight excluding hydrogens is 476 g/mol. The molecule has 0 spiro atoms. The molecule has 2 aromatic rings. The number of rotatable bonds is 13. The van der Waals surface area contributed by atoms with Gasteiger partial charge in [-0.05, 0) is 72.1 Å². The van der Waals surface area contributed by atoms with Gasteiger partial charge in [0, 0.05) is 42.3 Å². The largest absolute Gasteiger partial charge is 0.396 e. The Morgan fingerprint density at radius 2 is 2.00 bits per heavy atom. The van der Waals surface area contributed by atoms with Crippen molar-refractivity contribution in [3.63, 3.8) is 0 Å². The molecule has 9 nitrogen and oxygen atoms in total. The molecule has 2 aromatic heterocycles. The van der Waals surface area contributed by atoms with Gasteiger partial charge in [-0.3, -0.25) is 4.99 Å². The second kappa shape index (κ2) is 12.4. The Morgan fingerprint density at radius 3 is 2.69 bits per heavy atom. The topological polar surface area (TPSA) is 125 Å². The summed E-state index contributed by atoms with van der Waals surface area (Å²) >= 11 is 1.66. The maximum Gasteiger partial charge on any atom is 0.224 e. The molecule has 0 radical (unpaired) electrons. The average Bonchev–Trinajstić information content (AvgIpc) is 3.51. The Labute approximate surface area is 217 Å². The summed E-state index contributed by atoms with van der Waals surface area (Å²) in [7, 11) is 0. The van der Waals surface area contributed by atoms with Crippen LogP contribution < -0.4 is 10.6 Å². The Balaban J connectivity index is 1.56. The molecule has 4 N–H and O–H groups in total. The number of thiazole rings is 1. The molecule has 4 rings (SSSR count). The summed E-state index contributed by atoms with van der Waals surface area (Å²) in [4.78, 5) is 20.3. The molecule has 10 heteroatoms. The first-order valence-corrected chi connectivity index (χ1v) is 13.9. The number of hydrogen-bond donors (Lipinski definition) is 4. The van der Waals surface area contributed by atoms with E-state index in [-0.39, 0.29) is 18.6 Å². The molecule has 2 heterocycles. The van der Waals surface area contributed by atoms with Crippen LogP contribution >= 0.6 is 11.3 Å². The predicted molar refractivity (Wildman–Crippen MR) is 145 cm³/mol. The second-order valence-electron chi connectivity index (χ2n) is 10.0. The average molecular weight is 517 g/mol. The van der Waals surface area contributed by atoms with Crippen LogP contribution in [0, 0.1) is 25.7 Å². The van der Waals surface area contributed by atoms with Gasteiger partial charge < -0.3 is 25.6 Å². The van der Waals surface area contributed by atoms with E-state index in [9.17, 15) is 10.2 Å². The van der Waals surface area contributed by atoms with Crippen molar-refractivity contribution >= 4 is 28.8 Å². The van der Waals surface area contributed by atoms with E-state index in [4.69, 9.17) is 19.7 Å². The van der Waals surface area contributed by atoms with Gasteiger partial charge in [-0.25, -0.2) is 9.97 Å². The van der Waals surface area contributed by atoms with Crippen molar-refractivity contribution in [2.75, 3.05) is 37.1 Å². The molecule has 198 valence electrons. The molecule has 2 fully saturated rings. The summed E-state index contributed by atoms with van der Waals surface area (Å²) in [6, 6.07) is 0.0335. The van der Waals surface area contributed by atoms with Crippen molar-refractivity contribution in [3.8, 4) is 10.6 Å². The summed E-state index contributed by atoms with van der Waals surface area (Å²) in [6.07, 6.45) is 4.95. The highest BCUT2D eigenvalue weighted by atomic mass is 32.1. The highest BCUT2D eigenvalue weighted by Gasteiger charge is 2.33. The zero-order valence-corrected chi connectivity index (χ0v) is 22.7. The van der Waals surface area contributed by atoms with E-state index in [0.717, 1.165) is 52.9 Å². The van der Waals surface area contributed by atoms with E-state index in [1.54, 1.807) is 11.3 Å². The van der Waals surface area contributed by atoms with E-state index in [2.05, 4.69) is 22.5 Å². The number of hydrogen-bond acceptors (Lipinski definition) is 10. The molecular formula is C26H40N6O3S. The van der Waals surface area contributed by atoms with Crippen LogP contribution in [0.4, 0.5) is 11.8 Å². The first-order valence-electron chi connectivity index (χ1n) is 13.1. The molecule has 2 unspecified atom stereocenters. The Bertz CT molecular complexity index is 1050. The first-order chi connectivity index (χ1) is 17.4. The molecule has 0 aliphatic heterocycles. The number of ether oxygens (including phenoxy) is 1. The van der Waals surface area contributed by atoms with Crippen molar-refractivity contribution in [2.45, 2.75) is 78.4 Å². The molecule has 36 heavy (non-hydrogen) atoms. The van der Waals surface area contributed by atoms with Gasteiger partial charge in [0.05, 0.1) is 23.1 Å².